The van der Waals surface area contributed by atoms with Gasteiger partial charge in [0.2, 0.25) is 12.2 Å². The molecule has 0 radical (unpaired) electrons. The number of methoxy groups -OCH3 is 1. The number of aromatic hydroxyl groups is 3. The summed E-state index contributed by atoms with van der Waals surface area (Å²) in [5.74, 6) is -4.18. The fraction of sp³-hybridized carbons (Fsp3) is 0.179. The first-order chi connectivity index (χ1) is 19.0. The van der Waals surface area contributed by atoms with Crippen molar-refractivity contribution in [3.63, 3.8) is 0 Å². The van der Waals surface area contributed by atoms with Gasteiger partial charge in [-0.05, 0) is 53.6 Å². The molecule has 0 amide bonds. The number of ether oxygens (including phenoxy) is 4. The van der Waals surface area contributed by atoms with Gasteiger partial charge in [-0.15, -0.1) is 0 Å². The fourth-order valence-electron chi connectivity index (χ4n) is 3.94. The van der Waals surface area contributed by atoms with Gasteiger partial charge < -0.3 is 44.5 Å². The second-order valence-electron chi connectivity index (χ2n) is 8.68. The number of esters is 1. The number of aliphatic carboxylic acids is 2. The van der Waals surface area contributed by atoms with Crippen LogP contribution in [0.5, 0.6) is 34.5 Å². The van der Waals surface area contributed by atoms with Crippen LogP contribution in [-0.2, 0) is 25.5 Å². The van der Waals surface area contributed by atoms with Crippen molar-refractivity contribution in [3.05, 3.63) is 77.4 Å². The van der Waals surface area contributed by atoms with E-state index in [-0.39, 0.29) is 40.7 Å². The smallest absolute Gasteiger partial charge is 0.349 e. The molecule has 0 aliphatic carbocycles. The highest BCUT2D eigenvalue weighted by molar-refractivity contribution is 5.89. The van der Waals surface area contributed by atoms with E-state index in [2.05, 4.69) is 0 Å². The number of fused-ring (bicyclic) bond motifs is 1. The molecule has 12 nitrogen and oxygen atoms in total. The summed E-state index contributed by atoms with van der Waals surface area (Å²) in [6.07, 6.45) is -1.97. The van der Waals surface area contributed by atoms with Gasteiger partial charge >= 0.3 is 17.9 Å². The van der Waals surface area contributed by atoms with Gasteiger partial charge in [-0.2, -0.15) is 0 Å². The van der Waals surface area contributed by atoms with Crippen LogP contribution in [0.2, 0.25) is 0 Å². The fourth-order valence-corrected chi connectivity index (χ4v) is 3.94. The van der Waals surface area contributed by atoms with Crippen molar-refractivity contribution >= 4 is 24.0 Å². The second-order valence-corrected chi connectivity index (χ2v) is 8.68. The van der Waals surface area contributed by atoms with Crippen LogP contribution in [0.1, 0.15) is 22.8 Å². The summed E-state index contributed by atoms with van der Waals surface area (Å²) in [4.78, 5) is 35.9. The topological polar surface area (TPSA) is 189 Å². The molecule has 0 fully saturated rings. The van der Waals surface area contributed by atoms with Gasteiger partial charge in [-0.1, -0.05) is 18.2 Å². The lowest BCUT2D eigenvalue weighted by molar-refractivity contribution is -0.160. The summed E-state index contributed by atoms with van der Waals surface area (Å²) in [6, 6.07) is 12.5. The van der Waals surface area contributed by atoms with Gasteiger partial charge in [0.15, 0.2) is 40.6 Å². The van der Waals surface area contributed by atoms with Gasteiger partial charge in [0.25, 0.3) is 0 Å². The van der Waals surface area contributed by atoms with E-state index in [4.69, 9.17) is 18.9 Å². The number of hydrogen-bond donors (Lipinski definition) is 5. The molecule has 1 aliphatic heterocycles. The molecule has 1 aliphatic rings. The Kier molecular flexibility index (Phi) is 7.99. The van der Waals surface area contributed by atoms with Crippen molar-refractivity contribution in [1.29, 1.82) is 0 Å². The molecule has 0 saturated carbocycles. The Morgan fingerprint density at radius 3 is 2.33 bits per heavy atom. The first-order valence-corrected chi connectivity index (χ1v) is 11.7. The third kappa shape index (κ3) is 6.18. The molecular weight excluding hydrogens is 528 g/mol. The van der Waals surface area contributed by atoms with Crippen molar-refractivity contribution in [1.82, 2.24) is 0 Å². The third-order valence-corrected chi connectivity index (χ3v) is 5.93. The molecule has 3 atom stereocenters. The molecule has 4 rings (SSSR count). The van der Waals surface area contributed by atoms with Crippen LogP contribution in [0.4, 0.5) is 0 Å². The van der Waals surface area contributed by atoms with Crippen LogP contribution in [0.15, 0.2) is 60.7 Å². The first kappa shape index (κ1) is 27.6. The largest absolute Gasteiger partial charge is 0.504 e. The zero-order chi connectivity index (χ0) is 29.0. The molecule has 1 heterocycles. The van der Waals surface area contributed by atoms with Crippen molar-refractivity contribution < 1.29 is 58.9 Å². The standard InChI is InChI=1S/C28H24O12/c1-37-21-11-15(2-6-18(21)30)12-23(27(33)34)38-24(32)9-4-14-3-8-20-22(10-14)40-26(28(35)36)25(39-20)16-5-7-17(29)19(31)13-16/h2-11,13,23,25-26,29-31H,12H2,1H3,(H,33,34)(H,35,36)/b9-4+/t23-,25-,26-/m1/s1. The highest BCUT2D eigenvalue weighted by atomic mass is 16.6. The summed E-state index contributed by atoms with van der Waals surface area (Å²) in [5, 5.41) is 48.2. The van der Waals surface area contributed by atoms with E-state index in [1.807, 2.05) is 0 Å². The van der Waals surface area contributed by atoms with E-state index in [1.54, 1.807) is 6.07 Å². The highest BCUT2D eigenvalue weighted by Crippen LogP contribution is 2.41. The number of carbonyl (C=O) groups is 3. The lowest BCUT2D eigenvalue weighted by Gasteiger charge is -2.32. The number of phenols is 3. The van der Waals surface area contributed by atoms with Gasteiger partial charge in [0.1, 0.15) is 0 Å². The molecular formula is C28H24O12. The number of carbonyl (C=O) groups excluding carboxylic acids is 1. The monoisotopic (exact) mass is 552 g/mol. The quantitative estimate of drug-likeness (QED) is 0.148. The molecule has 3 aromatic rings. The normalized spacial score (nSPS) is 16.7. The molecule has 0 aromatic heterocycles. The summed E-state index contributed by atoms with van der Waals surface area (Å²) in [6.45, 7) is 0. The van der Waals surface area contributed by atoms with Crippen molar-refractivity contribution in [2.45, 2.75) is 24.7 Å². The zero-order valence-electron chi connectivity index (χ0n) is 20.9. The molecule has 0 saturated heterocycles. The first-order valence-electron chi connectivity index (χ1n) is 11.7. The average molecular weight is 552 g/mol. The molecule has 3 aromatic carbocycles. The average Bonchev–Trinajstić information content (AvgIpc) is 2.93. The van der Waals surface area contributed by atoms with Crippen molar-refractivity contribution in [2.24, 2.45) is 0 Å². The maximum atomic E-state index is 12.4. The summed E-state index contributed by atoms with van der Waals surface area (Å²) < 4.78 is 21.6. The maximum Gasteiger partial charge on any atom is 0.349 e. The van der Waals surface area contributed by atoms with E-state index in [0.717, 1.165) is 6.08 Å². The number of hydrogen-bond acceptors (Lipinski definition) is 10. The molecule has 0 spiro atoms. The Morgan fingerprint density at radius 1 is 0.900 bits per heavy atom. The van der Waals surface area contributed by atoms with E-state index in [9.17, 15) is 39.9 Å². The Bertz CT molecular complexity index is 1480. The van der Waals surface area contributed by atoms with E-state index in [1.165, 1.54) is 61.7 Å². The summed E-state index contributed by atoms with van der Waals surface area (Å²) >= 11 is 0. The highest BCUT2D eigenvalue weighted by Gasteiger charge is 2.38. The molecule has 0 unspecified atom stereocenters. The lowest BCUT2D eigenvalue weighted by atomic mass is 10.0. The minimum absolute atomic E-state index is 0.0758. The van der Waals surface area contributed by atoms with Crippen LogP contribution < -0.4 is 14.2 Å². The van der Waals surface area contributed by atoms with Crippen LogP contribution in [-0.4, -0.2) is 62.8 Å². The van der Waals surface area contributed by atoms with Gasteiger partial charge in [0, 0.05) is 18.1 Å². The summed E-state index contributed by atoms with van der Waals surface area (Å²) in [7, 11) is 1.35. The van der Waals surface area contributed by atoms with Crippen LogP contribution in [0.25, 0.3) is 6.08 Å². The molecule has 5 N–H and O–H groups in total. The number of carboxylic acid groups (broad SMARTS) is 2. The van der Waals surface area contributed by atoms with Gasteiger partial charge in [0.05, 0.1) is 7.11 Å². The Balaban J connectivity index is 1.47. The van der Waals surface area contributed by atoms with Crippen LogP contribution in [0, 0.1) is 0 Å². The number of benzene rings is 3. The van der Waals surface area contributed by atoms with Crippen LogP contribution >= 0.6 is 0 Å². The predicted octanol–water partition coefficient (Wildman–Crippen LogP) is 3.03. The SMILES string of the molecule is COc1cc(C[C@@H](OC(=O)/C=C/c2ccc3c(c2)O[C@@H](C(=O)O)[C@@H](c2ccc(O)c(O)c2)O3)C(=O)O)ccc1O. The third-order valence-electron chi connectivity index (χ3n) is 5.93. The molecule has 0 bridgehead atoms. The Labute approximate surface area is 226 Å². The zero-order valence-corrected chi connectivity index (χ0v) is 20.9. The molecule has 40 heavy (non-hydrogen) atoms. The van der Waals surface area contributed by atoms with Crippen LogP contribution in [0.3, 0.4) is 0 Å². The lowest BCUT2D eigenvalue weighted by Crippen LogP contribution is -2.39. The summed E-state index contributed by atoms with van der Waals surface area (Å²) in [5.41, 5.74) is 1.12. The minimum atomic E-state index is -1.51. The molecule has 208 valence electrons. The number of rotatable bonds is 9. The number of phenolic OH excluding ortho intramolecular Hbond substituents is 3. The van der Waals surface area contributed by atoms with Crippen molar-refractivity contribution in [3.8, 4) is 34.5 Å². The van der Waals surface area contributed by atoms with Gasteiger partial charge in [-0.3, -0.25) is 0 Å². The van der Waals surface area contributed by atoms with E-state index >= 15 is 0 Å². The molecule has 12 heteroatoms. The minimum Gasteiger partial charge on any atom is -0.504 e. The number of carboxylic acids is 2. The Hall–Kier alpha value is -5.39. The van der Waals surface area contributed by atoms with Crippen molar-refractivity contribution in [2.75, 3.05) is 7.11 Å². The van der Waals surface area contributed by atoms with E-state index < -0.39 is 42.0 Å². The van der Waals surface area contributed by atoms with E-state index in [0.29, 0.717) is 11.1 Å². The predicted molar refractivity (Wildman–Crippen MR) is 137 cm³/mol. The Morgan fingerprint density at radius 2 is 1.65 bits per heavy atom. The van der Waals surface area contributed by atoms with Gasteiger partial charge in [-0.25, -0.2) is 14.4 Å². The second kappa shape index (κ2) is 11.6. The maximum absolute atomic E-state index is 12.4.